The summed E-state index contributed by atoms with van der Waals surface area (Å²) in [6, 6.07) is 3.24. The summed E-state index contributed by atoms with van der Waals surface area (Å²) in [5, 5.41) is 0.283. The van der Waals surface area contributed by atoms with Crippen LogP contribution < -0.4 is 4.74 Å². The molecule has 1 fully saturated rings. The lowest BCUT2D eigenvalue weighted by molar-refractivity contribution is -0.275. The molecule has 8 heteroatoms. The van der Waals surface area contributed by atoms with Crippen LogP contribution in [0.4, 0.5) is 17.6 Å². The van der Waals surface area contributed by atoms with Gasteiger partial charge in [0.15, 0.2) is 11.6 Å². The Morgan fingerprint density at radius 2 is 1.83 bits per heavy atom. The van der Waals surface area contributed by atoms with Crippen molar-refractivity contribution in [3.05, 3.63) is 29.7 Å². The molecule has 0 unspecified atom stereocenters. The lowest BCUT2D eigenvalue weighted by Crippen LogP contribution is -2.35. The van der Waals surface area contributed by atoms with Crippen LogP contribution in [-0.2, 0) is 0 Å². The third-order valence-corrected chi connectivity index (χ3v) is 3.77. The van der Waals surface area contributed by atoms with Crippen molar-refractivity contribution in [1.29, 1.82) is 0 Å². The smallest absolute Gasteiger partial charge is 0.403 e. The van der Waals surface area contributed by atoms with Crippen LogP contribution in [0.25, 0.3) is 10.9 Å². The van der Waals surface area contributed by atoms with E-state index in [1.807, 2.05) is 0 Å². The number of carbonyl (C=O) groups is 1. The Hall–Kier alpha value is -2.25. The fourth-order valence-electron chi connectivity index (χ4n) is 2.72. The van der Waals surface area contributed by atoms with Crippen LogP contribution in [0, 0.1) is 5.82 Å². The van der Waals surface area contributed by atoms with Crippen molar-refractivity contribution >= 4 is 16.8 Å². The van der Waals surface area contributed by atoms with E-state index in [0.717, 1.165) is 31.4 Å². The van der Waals surface area contributed by atoms with Crippen molar-refractivity contribution in [1.82, 2.24) is 9.88 Å². The van der Waals surface area contributed by atoms with Gasteiger partial charge in [-0.15, -0.1) is 13.2 Å². The quantitative estimate of drug-likeness (QED) is 0.851. The molecule has 1 N–H and O–H groups in total. The molecule has 23 heavy (non-hydrogen) atoms. The summed E-state index contributed by atoms with van der Waals surface area (Å²) in [7, 11) is 0. The molecule has 2 heterocycles. The number of alkyl halides is 3. The van der Waals surface area contributed by atoms with E-state index in [9.17, 15) is 22.4 Å². The minimum absolute atomic E-state index is 0.227. The summed E-state index contributed by atoms with van der Waals surface area (Å²) in [6.45, 7) is 1.29. The molecule has 3 rings (SSSR count). The lowest BCUT2D eigenvalue weighted by Gasteiger charge is -2.26. The van der Waals surface area contributed by atoms with E-state index in [1.165, 1.54) is 6.07 Å². The Morgan fingerprint density at radius 3 is 2.48 bits per heavy atom. The Kier molecular flexibility index (Phi) is 3.91. The van der Waals surface area contributed by atoms with Crippen LogP contribution in [0.15, 0.2) is 18.2 Å². The number of H-pyrrole nitrogens is 1. The second-order valence-corrected chi connectivity index (χ2v) is 5.45. The van der Waals surface area contributed by atoms with Gasteiger partial charge in [0.1, 0.15) is 5.69 Å². The molecule has 4 nitrogen and oxygen atoms in total. The van der Waals surface area contributed by atoms with Gasteiger partial charge >= 0.3 is 6.36 Å². The number of nitrogens with one attached hydrogen (secondary N) is 1. The Balaban J connectivity index is 1.90. The molecule has 0 aliphatic carbocycles. The number of hydrogen-bond acceptors (Lipinski definition) is 2. The van der Waals surface area contributed by atoms with Gasteiger partial charge in [-0.1, -0.05) is 0 Å². The molecule has 2 aromatic rings. The highest BCUT2D eigenvalue weighted by Gasteiger charge is 2.32. The molecular weight excluding hydrogens is 316 g/mol. The van der Waals surface area contributed by atoms with Gasteiger partial charge in [-0.3, -0.25) is 4.79 Å². The van der Waals surface area contributed by atoms with Crippen molar-refractivity contribution in [2.45, 2.75) is 25.6 Å². The number of benzene rings is 1. The van der Waals surface area contributed by atoms with Gasteiger partial charge in [-0.25, -0.2) is 4.39 Å². The fraction of sp³-hybridized carbons (Fsp3) is 0.400. The number of aromatic nitrogens is 1. The number of aromatic amines is 1. The summed E-state index contributed by atoms with van der Waals surface area (Å²) >= 11 is 0. The van der Waals surface area contributed by atoms with Crippen molar-refractivity contribution in [2.75, 3.05) is 13.1 Å². The van der Waals surface area contributed by atoms with E-state index in [2.05, 4.69) is 9.72 Å². The first kappa shape index (κ1) is 15.6. The van der Waals surface area contributed by atoms with Gasteiger partial charge < -0.3 is 14.6 Å². The van der Waals surface area contributed by atoms with Crippen LogP contribution in [-0.4, -0.2) is 35.2 Å². The van der Waals surface area contributed by atoms with Crippen molar-refractivity contribution in [2.24, 2.45) is 0 Å². The summed E-state index contributed by atoms with van der Waals surface area (Å²) in [6.07, 6.45) is -2.06. The number of hydrogen-bond donors (Lipinski definition) is 1. The van der Waals surface area contributed by atoms with Crippen molar-refractivity contribution in [3.63, 3.8) is 0 Å². The number of ether oxygens (including phenoxy) is 1. The zero-order valence-electron chi connectivity index (χ0n) is 12.0. The number of likely N-dealkylation sites (tertiary alicyclic amines) is 1. The highest BCUT2D eigenvalue weighted by molar-refractivity contribution is 5.98. The molecule has 1 aromatic carbocycles. The molecule has 0 bridgehead atoms. The van der Waals surface area contributed by atoms with Crippen LogP contribution in [0.2, 0.25) is 0 Å². The summed E-state index contributed by atoms with van der Waals surface area (Å²) in [4.78, 5) is 16.8. The molecule has 124 valence electrons. The monoisotopic (exact) mass is 330 g/mol. The SMILES string of the molecule is O=C(c1cc2cc(OC(F)(F)F)c(F)cc2[nH]1)N1CCCCC1. The largest absolute Gasteiger partial charge is 0.573 e. The predicted octanol–water partition coefficient (Wildman–Crippen LogP) is 3.83. The van der Waals surface area contributed by atoms with Gasteiger partial charge in [0.2, 0.25) is 0 Å². The van der Waals surface area contributed by atoms with Gasteiger partial charge in [-0.05, 0) is 31.4 Å². The molecule has 0 saturated carbocycles. The lowest BCUT2D eigenvalue weighted by atomic mass is 10.1. The zero-order chi connectivity index (χ0) is 16.6. The molecule has 0 spiro atoms. The average Bonchev–Trinajstić information content (AvgIpc) is 2.89. The fourth-order valence-corrected chi connectivity index (χ4v) is 2.72. The summed E-state index contributed by atoms with van der Waals surface area (Å²) in [5.74, 6) is -2.30. The van der Waals surface area contributed by atoms with Crippen LogP contribution in [0.5, 0.6) is 5.75 Å². The maximum absolute atomic E-state index is 13.7. The van der Waals surface area contributed by atoms with Gasteiger partial charge in [0.05, 0.1) is 0 Å². The second kappa shape index (κ2) is 5.75. The first-order valence-electron chi connectivity index (χ1n) is 7.21. The molecule has 1 aliphatic heterocycles. The van der Waals surface area contributed by atoms with Gasteiger partial charge in [0, 0.05) is 30.1 Å². The highest BCUT2D eigenvalue weighted by Crippen LogP contribution is 2.30. The maximum Gasteiger partial charge on any atom is 0.573 e. The number of piperidine rings is 1. The van der Waals surface area contributed by atoms with Crippen LogP contribution >= 0.6 is 0 Å². The van der Waals surface area contributed by atoms with E-state index < -0.39 is 17.9 Å². The van der Waals surface area contributed by atoms with E-state index in [1.54, 1.807) is 4.90 Å². The second-order valence-electron chi connectivity index (χ2n) is 5.45. The number of nitrogens with zero attached hydrogens (tertiary/aromatic N) is 1. The molecule has 1 aliphatic rings. The van der Waals surface area contributed by atoms with Crippen molar-refractivity contribution in [3.8, 4) is 5.75 Å². The number of halogens is 4. The van der Waals surface area contributed by atoms with E-state index in [4.69, 9.17) is 0 Å². The topological polar surface area (TPSA) is 45.3 Å². The third-order valence-electron chi connectivity index (χ3n) is 3.77. The van der Waals surface area contributed by atoms with Crippen LogP contribution in [0.1, 0.15) is 29.8 Å². The molecule has 0 atom stereocenters. The van der Waals surface area contributed by atoms with Crippen molar-refractivity contribution < 1.29 is 27.1 Å². The van der Waals surface area contributed by atoms with Gasteiger partial charge in [0.25, 0.3) is 5.91 Å². The summed E-state index contributed by atoms with van der Waals surface area (Å²) < 4.78 is 54.0. The molecule has 1 saturated heterocycles. The number of carbonyl (C=O) groups excluding carboxylic acids is 1. The standard InChI is InChI=1S/C15H14F4N2O2/c16-10-8-11-9(7-13(10)23-15(17,18)19)6-12(20-11)14(22)21-4-2-1-3-5-21/h6-8,20H,1-5H2. The van der Waals surface area contributed by atoms with E-state index in [-0.39, 0.29) is 22.5 Å². The summed E-state index contributed by atoms with van der Waals surface area (Å²) in [5.41, 5.74) is 0.475. The predicted molar refractivity (Wildman–Crippen MR) is 74.7 cm³/mol. The first-order valence-corrected chi connectivity index (χ1v) is 7.21. The minimum atomic E-state index is -4.97. The van der Waals surface area contributed by atoms with E-state index >= 15 is 0 Å². The zero-order valence-corrected chi connectivity index (χ0v) is 12.0. The van der Waals surface area contributed by atoms with E-state index in [0.29, 0.717) is 13.1 Å². The number of fused-ring (bicyclic) bond motifs is 1. The highest BCUT2D eigenvalue weighted by atomic mass is 19.4. The van der Waals surface area contributed by atoms with Gasteiger partial charge in [-0.2, -0.15) is 0 Å². The van der Waals surface area contributed by atoms with Crippen LogP contribution in [0.3, 0.4) is 0 Å². The molecule has 0 radical (unpaired) electrons. The normalized spacial score (nSPS) is 15.9. The number of amides is 1. The maximum atomic E-state index is 13.7. The Morgan fingerprint density at radius 1 is 1.13 bits per heavy atom. The number of rotatable bonds is 2. The molecule has 1 aromatic heterocycles. The first-order chi connectivity index (χ1) is 10.8. The molecular formula is C15H14F4N2O2. The Bertz CT molecular complexity index is 733. The average molecular weight is 330 g/mol. The Labute approximate surface area is 129 Å². The minimum Gasteiger partial charge on any atom is -0.403 e. The third kappa shape index (κ3) is 3.40. The molecule has 1 amide bonds.